The zero-order valence-electron chi connectivity index (χ0n) is 11.8. The Morgan fingerprint density at radius 2 is 2.17 bits per heavy atom. The predicted molar refractivity (Wildman–Crippen MR) is 73.7 cm³/mol. The van der Waals surface area contributed by atoms with Crippen LogP contribution in [0, 0.1) is 5.92 Å². The summed E-state index contributed by atoms with van der Waals surface area (Å²) in [6, 6.07) is 0. The summed E-state index contributed by atoms with van der Waals surface area (Å²) in [6.07, 6.45) is 3.59. The van der Waals surface area contributed by atoms with Crippen molar-refractivity contribution in [1.29, 1.82) is 0 Å². The van der Waals surface area contributed by atoms with Crippen LogP contribution in [-0.4, -0.2) is 43.8 Å². The fourth-order valence-corrected chi connectivity index (χ4v) is 1.50. The second-order valence-electron chi connectivity index (χ2n) is 4.81. The monoisotopic (exact) mass is 252 g/mol. The largest absolute Gasteiger partial charge is 0.383 e. The van der Waals surface area contributed by atoms with Crippen LogP contribution in [0.1, 0.15) is 19.5 Å². The molecule has 0 aliphatic carbocycles. The molecule has 1 heterocycles. The summed E-state index contributed by atoms with van der Waals surface area (Å²) in [6.45, 7) is 7.63. The maximum Gasteiger partial charge on any atom is 0.147 e. The van der Waals surface area contributed by atoms with Gasteiger partial charge in [0.15, 0.2) is 0 Å². The van der Waals surface area contributed by atoms with E-state index in [0.29, 0.717) is 12.5 Å². The second kappa shape index (κ2) is 8.00. The Morgan fingerprint density at radius 1 is 1.39 bits per heavy atom. The molecular formula is C13H24N4O. The quantitative estimate of drug-likeness (QED) is 0.756. The van der Waals surface area contributed by atoms with Gasteiger partial charge in [0.25, 0.3) is 0 Å². The molecule has 1 N–H and O–H groups in total. The maximum atomic E-state index is 5.05. The first-order valence-electron chi connectivity index (χ1n) is 6.35. The van der Waals surface area contributed by atoms with Crippen molar-refractivity contribution >= 4 is 5.82 Å². The average Bonchev–Trinajstić information content (AvgIpc) is 2.36. The van der Waals surface area contributed by atoms with E-state index in [1.54, 1.807) is 19.5 Å². The van der Waals surface area contributed by atoms with Crippen LogP contribution >= 0.6 is 0 Å². The fourth-order valence-electron chi connectivity index (χ4n) is 1.50. The number of rotatable bonds is 8. The van der Waals surface area contributed by atoms with Gasteiger partial charge in [0.05, 0.1) is 18.5 Å². The normalized spacial score (nSPS) is 10.9. The third-order valence-electron chi connectivity index (χ3n) is 2.55. The highest BCUT2D eigenvalue weighted by Crippen LogP contribution is 2.07. The molecule has 0 atom stereocenters. The number of aromatic nitrogens is 2. The number of likely N-dealkylation sites (N-methyl/N-ethyl adjacent to an activating group) is 1. The topological polar surface area (TPSA) is 50.3 Å². The molecule has 0 spiro atoms. The van der Waals surface area contributed by atoms with Gasteiger partial charge < -0.3 is 15.0 Å². The van der Waals surface area contributed by atoms with Gasteiger partial charge in [-0.15, -0.1) is 0 Å². The highest BCUT2D eigenvalue weighted by Gasteiger charge is 2.04. The molecule has 5 heteroatoms. The molecule has 18 heavy (non-hydrogen) atoms. The lowest BCUT2D eigenvalue weighted by Crippen LogP contribution is -2.24. The van der Waals surface area contributed by atoms with E-state index in [4.69, 9.17) is 4.74 Å². The van der Waals surface area contributed by atoms with Crippen molar-refractivity contribution in [2.45, 2.75) is 20.4 Å². The third-order valence-corrected chi connectivity index (χ3v) is 2.55. The lowest BCUT2D eigenvalue weighted by atomic mass is 10.2. The fraction of sp³-hybridized carbons (Fsp3) is 0.692. The number of ether oxygens (including phenoxy) is 1. The first-order chi connectivity index (χ1) is 8.63. The molecule has 0 fully saturated rings. The minimum absolute atomic E-state index is 0.644. The molecule has 0 amide bonds. The zero-order chi connectivity index (χ0) is 13.4. The number of methoxy groups -OCH3 is 1. The van der Waals surface area contributed by atoms with Crippen LogP contribution < -0.4 is 10.2 Å². The van der Waals surface area contributed by atoms with Crippen LogP contribution in [0.25, 0.3) is 0 Å². The summed E-state index contributed by atoms with van der Waals surface area (Å²) in [5.41, 5.74) is 0.970. The highest BCUT2D eigenvalue weighted by atomic mass is 16.5. The summed E-state index contributed by atoms with van der Waals surface area (Å²) < 4.78 is 5.05. The third kappa shape index (κ3) is 5.42. The smallest absolute Gasteiger partial charge is 0.147 e. The van der Waals surface area contributed by atoms with E-state index in [2.05, 4.69) is 29.1 Å². The molecule has 0 saturated heterocycles. The Labute approximate surface area is 110 Å². The summed E-state index contributed by atoms with van der Waals surface area (Å²) in [7, 11) is 3.69. The average molecular weight is 252 g/mol. The van der Waals surface area contributed by atoms with Crippen LogP contribution in [0.5, 0.6) is 0 Å². The molecule has 0 aliphatic rings. The Hall–Kier alpha value is -1.20. The van der Waals surface area contributed by atoms with E-state index in [9.17, 15) is 0 Å². The summed E-state index contributed by atoms with van der Waals surface area (Å²) >= 11 is 0. The van der Waals surface area contributed by atoms with Crippen LogP contribution in [0.3, 0.4) is 0 Å². The van der Waals surface area contributed by atoms with Gasteiger partial charge in [-0.3, -0.25) is 4.98 Å². The molecule has 0 unspecified atom stereocenters. The Morgan fingerprint density at radius 3 is 2.83 bits per heavy atom. The molecule has 102 valence electrons. The van der Waals surface area contributed by atoms with Gasteiger partial charge in [-0.1, -0.05) is 13.8 Å². The van der Waals surface area contributed by atoms with E-state index in [-0.39, 0.29) is 0 Å². The van der Waals surface area contributed by atoms with E-state index in [0.717, 1.165) is 31.1 Å². The van der Waals surface area contributed by atoms with Crippen LogP contribution in [0.15, 0.2) is 12.4 Å². The Kier molecular flexibility index (Phi) is 6.60. The molecule has 1 aromatic heterocycles. The van der Waals surface area contributed by atoms with Crippen molar-refractivity contribution in [2.24, 2.45) is 5.92 Å². The molecule has 0 aliphatic heterocycles. The van der Waals surface area contributed by atoms with Crippen molar-refractivity contribution in [3.05, 3.63) is 18.1 Å². The van der Waals surface area contributed by atoms with E-state index in [1.165, 1.54) is 0 Å². The molecule has 0 radical (unpaired) electrons. The Bertz CT molecular complexity index is 344. The van der Waals surface area contributed by atoms with E-state index in [1.807, 2.05) is 11.9 Å². The minimum atomic E-state index is 0.644. The number of nitrogens with one attached hydrogen (secondary N) is 1. The van der Waals surface area contributed by atoms with Gasteiger partial charge >= 0.3 is 0 Å². The number of hydrogen-bond donors (Lipinski definition) is 1. The SMILES string of the molecule is COCCN(C)c1cncc(CNCC(C)C)n1. The highest BCUT2D eigenvalue weighted by molar-refractivity contribution is 5.34. The van der Waals surface area contributed by atoms with E-state index < -0.39 is 0 Å². The van der Waals surface area contributed by atoms with Crippen molar-refractivity contribution in [1.82, 2.24) is 15.3 Å². The van der Waals surface area contributed by atoms with Crippen molar-refractivity contribution in [2.75, 3.05) is 38.8 Å². The van der Waals surface area contributed by atoms with Gasteiger partial charge in [0.1, 0.15) is 5.82 Å². The van der Waals surface area contributed by atoms with Gasteiger partial charge in [-0.25, -0.2) is 4.98 Å². The molecule has 0 saturated carbocycles. The van der Waals surface area contributed by atoms with Crippen molar-refractivity contribution in [3.8, 4) is 0 Å². The molecule has 0 bridgehead atoms. The predicted octanol–water partition coefficient (Wildman–Crippen LogP) is 1.30. The first kappa shape index (κ1) is 14.9. The van der Waals surface area contributed by atoms with Gasteiger partial charge in [0, 0.05) is 33.4 Å². The lowest BCUT2D eigenvalue weighted by Gasteiger charge is -2.17. The summed E-state index contributed by atoms with van der Waals surface area (Å²) in [5, 5.41) is 3.36. The number of hydrogen-bond acceptors (Lipinski definition) is 5. The van der Waals surface area contributed by atoms with Gasteiger partial charge in [0.2, 0.25) is 0 Å². The van der Waals surface area contributed by atoms with Gasteiger partial charge in [-0.05, 0) is 12.5 Å². The number of anilines is 1. The number of nitrogens with zero attached hydrogens (tertiary/aromatic N) is 3. The van der Waals surface area contributed by atoms with Crippen molar-refractivity contribution < 1.29 is 4.74 Å². The molecule has 5 nitrogen and oxygen atoms in total. The molecule has 1 rings (SSSR count). The second-order valence-corrected chi connectivity index (χ2v) is 4.81. The summed E-state index contributed by atoms with van der Waals surface area (Å²) in [5.74, 6) is 1.53. The molecule has 0 aromatic carbocycles. The van der Waals surface area contributed by atoms with Crippen molar-refractivity contribution in [3.63, 3.8) is 0 Å². The maximum absolute atomic E-state index is 5.05. The van der Waals surface area contributed by atoms with Gasteiger partial charge in [-0.2, -0.15) is 0 Å². The summed E-state index contributed by atoms with van der Waals surface area (Å²) in [4.78, 5) is 10.8. The lowest BCUT2D eigenvalue weighted by molar-refractivity contribution is 0.206. The zero-order valence-corrected chi connectivity index (χ0v) is 11.8. The Balaban J connectivity index is 2.50. The molecular weight excluding hydrogens is 228 g/mol. The first-order valence-corrected chi connectivity index (χ1v) is 6.35. The van der Waals surface area contributed by atoms with Crippen LogP contribution in [0.4, 0.5) is 5.82 Å². The molecule has 1 aromatic rings. The van der Waals surface area contributed by atoms with E-state index >= 15 is 0 Å². The standard InChI is InChI=1S/C13H24N4O/c1-11(2)7-14-8-12-9-15-10-13(16-12)17(3)5-6-18-4/h9-11,14H,5-8H2,1-4H3. The van der Waals surface area contributed by atoms with Crippen LogP contribution in [0.2, 0.25) is 0 Å². The van der Waals surface area contributed by atoms with Crippen LogP contribution in [-0.2, 0) is 11.3 Å². The minimum Gasteiger partial charge on any atom is -0.383 e.